The fourth-order valence-electron chi connectivity index (χ4n) is 5.13. The van der Waals surface area contributed by atoms with Gasteiger partial charge in [-0.1, -0.05) is 54.2 Å². The molecular formula is C30H25FN4O4. The lowest BCUT2D eigenvalue weighted by Gasteiger charge is -2.32. The molecule has 0 bridgehead atoms. The van der Waals surface area contributed by atoms with Crippen LogP contribution in [0.3, 0.4) is 0 Å². The third-order valence-corrected chi connectivity index (χ3v) is 7.15. The summed E-state index contributed by atoms with van der Waals surface area (Å²) in [5.74, 6) is 0.619. The third-order valence-electron chi connectivity index (χ3n) is 7.15. The van der Waals surface area contributed by atoms with Crippen LogP contribution < -0.4 is 15.4 Å². The summed E-state index contributed by atoms with van der Waals surface area (Å²) in [7, 11) is 0. The van der Waals surface area contributed by atoms with E-state index in [1.807, 2.05) is 43.3 Å². The molecule has 1 unspecified atom stereocenters. The molecule has 2 aliphatic rings. The van der Waals surface area contributed by atoms with Crippen LogP contribution in [0.2, 0.25) is 0 Å². The molecule has 0 aliphatic carbocycles. The molecule has 2 N–H and O–H groups in total. The number of hydrogen-bond acceptors (Lipinski definition) is 6. The molecule has 39 heavy (non-hydrogen) atoms. The van der Waals surface area contributed by atoms with Gasteiger partial charge in [0.1, 0.15) is 29.6 Å². The molecule has 0 spiro atoms. The molecule has 9 heteroatoms. The number of nitrogens with zero attached hydrogens (tertiary/aromatic N) is 2. The van der Waals surface area contributed by atoms with E-state index in [4.69, 9.17) is 9.26 Å². The van der Waals surface area contributed by atoms with E-state index in [9.17, 15) is 14.0 Å². The Morgan fingerprint density at radius 1 is 1.10 bits per heavy atom. The molecule has 3 heterocycles. The van der Waals surface area contributed by atoms with Crippen molar-refractivity contribution < 1.29 is 23.2 Å². The number of benzene rings is 3. The largest absolute Gasteiger partial charge is 0.489 e. The first-order chi connectivity index (χ1) is 18.8. The van der Waals surface area contributed by atoms with E-state index < -0.39 is 11.4 Å². The van der Waals surface area contributed by atoms with Crippen LogP contribution in [-0.2, 0) is 23.5 Å². The second-order valence-electron chi connectivity index (χ2n) is 9.67. The zero-order valence-corrected chi connectivity index (χ0v) is 21.2. The van der Waals surface area contributed by atoms with Gasteiger partial charge in [0.05, 0.1) is 17.9 Å². The van der Waals surface area contributed by atoms with E-state index in [0.717, 1.165) is 22.4 Å². The van der Waals surface area contributed by atoms with E-state index in [-0.39, 0.29) is 31.5 Å². The van der Waals surface area contributed by atoms with Crippen LogP contribution in [0.25, 0.3) is 11.3 Å². The molecule has 1 atom stereocenters. The van der Waals surface area contributed by atoms with E-state index in [1.54, 1.807) is 17.0 Å². The number of aromatic nitrogens is 1. The van der Waals surface area contributed by atoms with Gasteiger partial charge in [-0.2, -0.15) is 0 Å². The topological polar surface area (TPSA) is 96.7 Å². The van der Waals surface area contributed by atoms with Crippen molar-refractivity contribution in [1.82, 2.24) is 20.7 Å². The van der Waals surface area contributed by atoms with Crippen molar-refractivity contribution in [3.05, 3.63) is 119 Å². The van der Waals surface area contributed by atoms with Gasteiger partial charge in [-0.25, -0.2) is 4.39 Å². The highest BCUT2D eigenvalue weighted by molar-refractivity contribution is 6.00. The normalized spacial score (nSPS) is 18.2. The zero-order chi connectivity index (χ0) is 27.1. The van der Waals surface area contributed by atoms with Gasteiger partial charge in [-0.05, 0) is 48.4 Å². The number of hydrogen-bond donors (Lipinski definition) is 2. The van der Waals surface area contributed by atoms with E-state index in [2.05, 4.69) is 22.4 Å². The first-order valence-corrected chi connectivity index (χ1v) is 12.4. The van der Waals surface area contributed by atoms with Gasteiger partial charge in [-0.3, -0.25) is 9.59 Å². The monoisotopic (exact) mass is 524 g/mol. The number of carbonyl (C=O) groups is 2. The third kappa shape index (κ3) is 4.31. The first-order valence-electron chi connectivity index (χ1n) is 12.4. The Hall–Kier alpha value is -4.92. The van der Waals surface area contributed by atoms with Gasteiger partial charge in [-0.15, -0.1) is 0 Å². The Morgan fingerprint density at radius 3 is 2.59 bits per heavy atom. The Morgan fingerprint density at radius 2 is 1.87 bits per heavy atom. The Labute approximate surface area is 224 Å². The van der Waals surface area contributed by atoms with Gasteiger partial charge in [0.25, 0.3) is 11.8 Å². The predicted octanol–water partition coefficient (Wildman–Crippen LogP) is 4.41. The molecule has 0 radical (unpaired) electrons. The second-order valence-corrected chi connectivity index (χ2v) is 9.67. The van der Waals surface area contributed by atoms with Crippen molar-refractivity contribution in [2.24, 2.45) is 0 Å². The highest BCUT2D eigenvalue weighted by Crippen LogP contribution is 2.34. The van der Waals surface area contributed by atoms with Crippen molar-refractivity contribution in [1.29, 1.82) is 0 Å². The standard InChI is InChI=1S/C30H25FN4O4/c1-18-26(27(34-39-18)20-6-4-3-5-7-20)16-38-24-12-13-25-21(14-24)15-35(28(25)36)17-30(29(37)32-19(2)33-30)22-8-10-23(31)11-9-22/h3-14,33H,2,15-17H2,1H3,(H,32,37). The minimum absolute atomic E-state index is 0.0352. The quantitative estimate of drug-likeness (QED) is 0.372. The molecule has 1 fully saturated rings. The van der Waals surface area contributed by atoms with Crippen LogP contribution in [0.1, 0.15) is 32.8 Å². The molecule has 0 saturated carbocycles. The van der Waals surface area contributed by atoms with Crippen molar-refractivity contribution in [3.63, 3.8) is 0 Å². The molecular weight excluding hydrogens is 499 g/mol. The van der Waals surface area contributed by atoms with Gasteiger partial charge in [0, 0.05) is 17.7 Å². The fraction of sp³-hybridized carbons (Fsp3) is 0.167. The van der Waals surface area contributed by atoms with Crippen molar-refractivity contribution >= 4 is 11.8 Å². The maximum absolute atomic E-state index is 13.6. The molecule has 1 saturated heterocycles. The number of amides is 2. The number of carbonyl (C=O) groups excluding carboxylic acids is 2. The molecule has 8 nitrogen and oxygen atoms in total. The van der Waals surface area contributed by atoms with Crippen LogP contribution in [0.15, 0.2) is 89.7 Å². The molecule has 1 aromatic heterocycles. The van der Waals surface area contributed by atoms with Crippen LogP contribution in [-0.4, -0.2) is 28.4 Å². The molecule has 6 rings (SSSR count). The summed E-state index contributed by atoms with van der Waals surface area (Å²) in [4.78, 5) is 28.0. The Bertz CT molecular complexity index is 1600. The number of nitrogens with one attached hydrogen (secondary N) is 2. The lowest BCUT2D eigenvalue weighted by molar-refractivity contribution is -0.124. The average Bonchev–Trinajstić information content (AvgIpc) is 3.55. The van der Waals surface area contributed by atoms with Crippen LogP contribution in [0.4, 0.5) is 4.39 Å². The number of aryl methyl sites for hydroxylation is 1. The molecule has 4 aromatic rings. The lowest BCUT2D eigenvalue weighted by Crippen LogP contribution is -2.52. The highest BCUT2D eigenvalue weighted by atomic mass is 19.1. The van der Waals surface area contributed by atoms with Crippen molar-refractivity contribution in [3.8, 4) is 17.0 Å². The SMILES string of the molecule is C=C1NC(=O)C(CN2Cc3cc(OCc4c(-c5ccccc5)noc4C)ccc3C2=O)(c2ccc(F)cc2)N1. The highest BCUT2D eigenvalue weighted by Gasteiger charge is 2.48. The summed E-state index contributed by atoms with van der Waals surface area (Å²) in [6.07, 6.45) is 0. The Kier molecular flexibility index (Phi) is 5.91. The van der Waals surface area contributed by atoms with Gasteiger partial charge in [0.2, 0.25) is 0 Å². The maximum Gasteiger partial charge on any atom is 0.257 e. The average molecular weight is 525 g/mol. The summed E-state index contributed by atoms with van der Waals surface area (Å²) in [5, 5.41) is 9.97. The number of ether oxygens (including phenoxy) is 1. The van der Waals surface area contributed by atoms with E-state index >= 15 is 0 Å². The minimum Gasteiger partial charge on any atom is -0.489 e. The van der Waals surface area contributed by atoms with E-state index in [0.29, 0.717) is 28.5 Å². The van der Waals surface area contributed by atoms with Crippen LogP contribution in [0, 0.1) is 12.7 Å². The smallest absolute Gasteiger partial charge is 0.257 e. The van der Waals surface area contributed by atoms with Gasteiger partial charge < -0.3 is 24.8 Å². The van der Waals surface area contributed by atoms with Crippen LogP contribution in [0.5, 0.6) is 5.75 Å². The predicted molar refractivity (Wildman–Crippen MR) is 141 cm³/mol. The van der Waals surface area contributed by atoms with Crippen molar-refractivity contribution in [2.75, 3.05) is 6.54 Å². The van der Waals surface area contributed by atoms with Crippen molar-refractivity contribution in [2.45, 2.75) is 25.6 Å². The first kappa shape index (κ1) is 24.4. The van der Waals surface area contributed by atoms with Gasteiger partial charge >= 0.3 is 0 Å². The van der Waals surface area contributed by atoms with Gasteiger partial charge in [0.15, 0.2) is 5.54 Å². The fourth-order valence-corrected chi connectivity index (χ4v) is 5.13. The zero-order valence-electron chi connectivity index (χ0n) is 21.2. The molecule has 2 aliphatic heterocycles. The summed E-state index contributed by atoms with van der Waals surface area (Å²) in [6, 6.07) is 20.7. The summed E-state index contributed by atoms with van der Waals surface area (Å²) in [5.41, 5.74) is 3.08. The molecule has 196 valence electrons. The summed E-state index contributed by atoms with van der Waals surface area (Å²) >= 11 is 0. The summed E-state index contributed by atoms with van der Waals surface area (Å²) in [6.45, 7) is 6.23. The number of fused-ring (bicyclic) bond motifs is 1. The number of rotatable bonds is 7. The Balaban J connectivity index is 1.22. The second kappa shape index (κ2) is 9.43. The maximum atomic E-state index is 13.6. The number of halogens is 1. The lowest BCUT2D eigenvalue weighted by atomic mass is 9.89. The summed E-state index contributed by atoms with van der Waals surface area (Å²) < 4.78 is 25.1. The molecule has 2 amide bonds. The van der Waals surface area contributed by atoms with Crippen LogP contribution >= 0.6 is 0 Å². The minimum atomic E-state index is -1.29. The van der Waals surface area contributed by atoms with E-state index in [1.165, 1.54) is 24.3 Å². The molecule has 3 aromatic carbocycles.